The highest BCUT2D eigenvalue weighted by Crippen LogP contribution is 2.31. The number of benzene rings is 1. The lowest BCUT2D eigenvalue weighted by molar-refractivity contribution is 0.0921. The van der Waals surface area contributed by atoms with Crippen LogP contribution in [0.3, 0.4) is 0 Å². The van der Waals surface area contributed by atoms with Crippen molar-refractivity contribution in [2.75, 3.05) is 19.7 Å². The zero-order chi connectivity index (χ0) is 14.8. The van der Waals surface area contributed by atoms with Crippen molar-refractivity contribution in [1.82, 2.24) is 4.90 Å². The minimum absolute atomic E-state index is 0.0115. The molecule has 21 heavy (non-hydrogen) atoms. The number of nitrogens with zero attached hydrogens (tertiary/aromatic N) is 1. The van der Waals surface area contributed by atoms with E-state index in [-0.39, 0.29) is 5.78 Å². The molecule has 0 atom stereocenters. The van der Waals surface area contributed by atoms with Crippen LogP contribution in [0.25, 0.3) is 0 Å². The quantitative estimate of drug-likeness (QED) is 0.786. The maximum atomic E-state index is 12.4. The van der Waals surface area contributed by atoms with Crippen LogP contribution < -0.4 is 4.74 Å². The van der Waals surface area contributed by atoms with Gasteiger partial charge in [0.15, 0.2) is 5.78 Å². The van der Waals surface area contributed by atoms with E-state index in [1.165, 1.54) is 11.3 Å². The Morgan fingerprint density at radius 3 is 2.90 bits per heavy atom. The van der Waals surface area contributed by atoms with Crippen LogP contribution in [0.15, 0.2) is 30.3 Å². The van der Waals surface area contributed by atoms with Gasteiger partial charge in [-0.2, -0.15) is 0 Å². The lowest BCUT2D eigenvalue weighted by Gasteiger charge is -2.18. The molecule has 0 fully saturated rings. The second-order valence-electron chi connectivity index (χ2n) is 4.83. The number of carbonyl (C=O) groups excluding carboxylic acids is 1. The first-order chi connectivity index (χ1) is 10.1. The van der Waals surface area contributed by atoms with Crippen LogP contribution in [-0.2, 0) is 6.54 Å². The van der Waals surface area contributed by atoms with Crippen molar-refractivity contribution in [2.24, 2.45) is 0 Å². The number of hydrogen-bond donors (Lipinski definition) is 0. The Labute approximate surface area is 137 Å². The monoisotopic (exact) mass is 341 g/mol. The van der Waals surface area contributed by atoms with Crippen molar-refractivity contribution >= 4 is 40.3 Å². The highest BCUT2D eigenvalue weighted by Gasteiger charge is 2.20. The molecule has 0 bridgehead atoms. The number of rotatable bonds is 3. The van der Waals surface area contributed by atoms with Gasteiger partial charge in [0.1, 0.15) is 16.7 Å². The molecule has 0 radical (unpaired) electrons. The van der Waals surface area contributed by atoms with Gasteiger partial charge >= 0.3 is 0 Å². The SMILES string of the molecule is O=C(CN1CCOc2ccccc2C1)c1cc(Cl)sc1Cl. The summed E-state index contributed by atoms with van der Waals surface area (Å²) in [6.07, 6.45) is 0. The van der Waals surface area contributed by atoms with Crippen molar-refractivity contribution < 1.29 is 9.53 Å². The molecule has 110 valence electrons. The van der Waals surface area contributed by atoms with E-state index in [0.29, 0.717) is 40.5 Å². The van der Waals surface area contributed by atoms with Gasteiger partial charge in [-0.05, 0) is 12.1 Å². The number of carbonyl (C=O) groups is 1. The minimum atomic E-state index is -0.0115. The normalized spacial score (nSPS) is 15.1. The van der Waals surface area contributed by atoms with E-state index in [9.17, 15) is 4.79 Å². The van der Waals surface area contributed by atoms with Crippen molar-refractivity contribution in [2.45, 2.75) is 6.54 Å². The molecule has 0 unspecified atom stereocenters. The average molecular weight is 342 g/mol. The predicted octanol–water partition coefficient (Wildman–Crippen LogP) is 4.13. The van der Waals surface area contributed by atoms with E-state index < -0.39 is 0 Å². The fourth-order valence-electron chi connectivity index (χ4n) is 2.33. The van der Waals surface area contributed by atoms with Gasteiger partial charge in [0, 0.05) is 18.7 Å². The Morgan fingerprint density at radius 1 is 1.33 bits per heavy atom. The standard InChI is InChI=1S/C15H13Cl2NO2S/c16-14-7-11(15(17)21-14)12(19)9-18-5-6-20-13-4-2-1-3-10(13)8-18/h1-4,7H,5-6,8-9H2. The largest absolute Gasteiger partial charge is 0.492 e. The van der Waals surface area contributed by atoms with Crippen molar-refractivity contribution in [1.29, 1.82) is 0 Å². The van der Waals surface area contributed by atoms with Crippen molar-refractivity contribution in [3.05, 3.63) is 50.1 Å². The molecule has 1 aromatic heterocycles. The number of ketones is 1. The number of thiophene rings is 1. The van der Waals surface area contributed by atoms with E-state index in [4.69, 9.17) is 27.9 Å². The zero-order valence-corrected chi connectivity index (χ0v) is 13.5. The van der Waals surface area contributed by atoms with E-state index in [1.807, 2.05) is 24.3 Å². The average Bonchev–Trinajstić information content (AvgIpc) is 2.68. The van der Waals surface area contributed by atoms with Gasteiger partial charge < -0.3 is 4.74 Å². The number of hydrogen-bond acceptors (Lipinski definition) is 4. The van der Waals surface area contributed by atoms with Gasteiger partial charge in [-0.3, -0.25) is 9.69 Å². The predicted molar refractivity (Wildman–Crippen MR) is 85.9 cm³/mol. The minimum Gasteiger partial charge on any atom is -0.492 e. The Hall–Kier alpha value is -1.07. The highest BCUT2D eigenvalue weighted by molar-refractivity contribution is 7.20. The molecule has 0 saturated carbocycles. The molecule has 6 heteroatoms. The number of fused-ring (bicyclic) bond motifs is 1. The Morgan fingerprint density at radius 2 is 2.14 bits per heavy atom. The summed E-state index contributed by atoms with van der Waals surface area (Å²) in [5.41, 5.74) is 1.60. The van der Waals surface area contributed by atoms with Crippen molar-refractivity contribution in [3.8, 4) is 5.75 Å². The molecule has 3 rings (SSSR count). The summed E-state index contributed by atoms with van der Waals surface area (Å²) in [5, 5.41) is 0. The van der Waals surface area contributed by atoms with Gasteiger partial charge in [0.05, 0.1) is 16.4 Å². The first kappa shape index (κ1) is 14.9. The molecule has 0 N–H and O–H groups in total. The summed E-state index contributed by atoms with van der Waals surface area (Å²) in [6.45, 7) is 2.28. The third-order valence-corrected chi connectivity index (χ3v) is 4.84. The van der Waals surface area contributed by atoms with E-state index in [0.717, 1.165) is 11.3 Å². The fourth-order valence-corrected chi connectivity index (χ4v) is 3.83. The summed E-state index contributed by atoms with van der Waals surface area (Å²) >= 11 is 13.2. The molecule has 1 aliphatic rings. The van der Waals surface area contributed by atoms with E-state index in [2.05, 4.69) is 4.90 Å². The number of halogens is 2. The molecule has 3 nitrogen and oxygen atoms in total. The number of ether oxygens (including phenoxy) is 1. The first-order valence-electron chi connectivity index (χ1n) is 6.54. The Kier molecular flexibility index (Phi) is 4.50. The summed E-state index contributed by atoms with van der Waals surface area (Å²) in [7, 11) is 0. The van der Waals surface area contributed by atoms with Gasteiger partial charge in [-0.15, -0.1) is 11.3 Å². The molecule has 2 aromatic rings. The first-order valence-corrected chi connectivity index (χ1v) is 8.12. The second-order valence-corrected chi connectivity index (χ2v) is 7.11. The molecule has 0 amide bonds. The number of Topliss-reactive ketones (excluding diaryl/α,β-unsaturated/α-hetero) is 1. The third-order valence-electron chi connectivity index (χ3n) is 3.36. The molecule has 1 aliphatic heterocycles. The van der Waals surface area contributed by atoms with Gasteiger partial charge in [0.2, 0.25) is 0 Å². The Balaban J connectivity index is 1.73. The van der Waals surface area contributed by atoms with Gasteiger partial charge in [0.25, 0.3) is 0 Å². The van der Waals surface area contributed by atoms with Gasteiger partial charge in [-0.25, -0.2) is 0 Å². The molecular weight excluding hydrogens is 329 g/mol. The molecular formula is C15H13Cl2NO2S. The third kappa shape index (κ3) is 3.40. The fraction of sp³-hybridized carbons (Fsp3) is 0.267. The maximum Gasteiger partial charge on any atom is 0.179 e. The van der Waals surface area contributed by atoms with Crippen LogP contribution in [0.1, 0.15) is 15.9 Å². The van der Waals surface area contributed by atoms with Crippen LogP contribution in [0.2, 0.25) is 8.67 Å². The smallest absolute Gasteiger partial charge is 0.179 e. The summed E-state index contributed by atoms with van der Waals surface area (Å²) in [6, 6.07) is 9.54. The summed E-state index contributed by atoms with van der Waals surface area (Å²) < 4.78 is 6.69. The highest BCUT2D eigenvalue weighted by atomic mass is 35.5. The van der Waals surface area contributed by atoms with E-state index in [1.54, 1.807) is 6.07 Å². The molecule has 0 spiro atoms. The number of para-hydroxylation sites is 1. The van der Waals surface area contributed by atoms with Crippen LogP contribution in [0.5, 0.6) is 5.75 Å². The van der Waals surface area contributed by atoms with Crippen LogP contribution in [-0.4, -0.2) is 30.4 Å². The summed E-state index contributed by atoms with van der Waals surface area (Å²) in [4.78, 5) is 14.4. The van der Waals surface area contributed by atoms with Crippen LogP contribution in [0, 0.1) is 0 Å². The van der Waals surface area contributed by atoms with Gasteiger partial charge in [-0.1, -0.05) is 41.4 Å². The Bertz CT molecular complexity index is 671. The molecule has 2 heterocycles. The maximum absolute atomic E-state index is 12.4. The second kappa shape index (κ2) is 6.36. The topological polar surface area (TPSA) is 29.5 Å². The molecule has 1 aromatic carbocycles. The molecule has 0 saturated heterocycles. The zero-order valence-electron chi connectivity index (χ0n) is 11.1. The van der Waals surface area contributed by atoms with Crippen LogP contribution in [0.4, 0.5) is 0 Å². The molecule has 0 aliphatic carbocycles. The van der Waals surface area contributed by atoms with E-state index >= 15 is 0 Å². The van der Waals surface area contributed by atoms with Crippen LogP contribution >= 0.6 is 34.5 Å². The lowest BCUT2D eigenvalue weighted by Crippen LogP contribution is -2.31. The summed E-state index contributed by atoms with van der Waals surface area (Å²) in [5.74, 6) is 0.881. The van der Waals surface area contributed by atoms with Crippen molar-refractivity contribution in [3.63, 3.8) is 0 Å². The lowest BCUT2D eigenvalue weighted by atomic mass is 10.1.